The molecule has 6 nitrogen and oxygen atoms in total. The Kier molecular flexibility index (Phi) is 6.24. The topological polar surface area (TPSA) is 75.3 Å². The zero-order valence-corrected chi connectivity index (χ0v) is 13.0. The number of nitrogens with zero attached hydrogens (tertiary/aromatic N) is 3. The number of aryl methyl sites for hydroxylation is 1. The Morgan fingerprint density at radius 2 is 2.10 bits per heavy atom. The second-order valence-corrected chi connectivity index (χ2v) is 5.27. The van der Waals surface area contributed by atoms with E-state index >= 15 is 0 Å². The van der Waals surface area contributed by atoms with Crippen LogP contribution in [-0.4, -0.2) is 36.2 Å². The van der Waals surface area contributed by atoms with Crippen LogP contribution in [0.1, 0.15) is 43.8 Å². The van der Waals surface area contributed by atoms with Gasteiger partial charge >= 0.3 is 0 Å². The van der Waals surface area contributed by atoms with Gasteiger partial charge in [0, 0.05) is 26.6 Å². The summed E-state index contributed by atoms with van der Waals surface area (Å²) in [5, 5.41) is 10.4. The lowest BCUT2D eigenvalue weighted by Gasteiger charge is -2.14. The number of rotatable bonds is 6. The molecule has 2 N–H and O–H groups in total. The van der Waals surface area contributed by atoms with Crippen LogP contribution in [0.15, 0.2) is 21.2 Å². The molecule has 0 aromatic carbocycles. The summed E-state index contributed by atoms with van der Waals surface area (Å²) in [7, 11) is 1.78. The maximum absolute atomic E-state index is 5.07. The molecule has 116 valence electrons. The highest BCUT2D eigenvalue weighted by Crippen LogP contribution is 2.19. The van der Waals surface area contributed by atoms with Crippen LogP contribution in [0.3, 0.4) is 0 Å². The van der Waals surface area contributed by atoms with E-state index in [4.69, 9.17) is 4.52 Å². The van der Waals surface area contributed by atoms with Crippen molar-refractivity contribution < 1.29 is 4.52 Å². The number of aliphatic imine (C=N–C) groups is 1. The number of nitrogens with one attached hydrogen (secondary N) is 2. The molecule has 1 aliphatic carbocycles. The molecule has 0 saturated carbocycles. The average molecular weight is 291 g/mol. The first-order valence-corrected chi connectivity index (χ1v) is 7.69. The highest BCUT2D eigenvalue weighted by molar-refractivity contribution is 5.79. The second-order valence-electron chi connectivity index (χ2n) is 5.27. The van der Waals surface area contributed by atoms with Gasteiger partial charge in [0.25, 0.3) is 0 Å². The van der Waals surface area contributed by atoms with Crippen molar-refractivity contribution in [3.8, 4) is 0 Å². The van der Waals surface area contributed by atoms with E-state index in [9.17, 15) is 0 Å². The Hall–Kier alpha value is -1.85. The molecule has 1 heterocycles. The van der Waals surface area contributed by atoms with Crippen molar-refractivity contribution in [1.29, 1.82) is 0 Å². The van der Waals surface area contributed by atoms with Crippen molar-refractivity contribution in [1.82, 2.24) is 20.8 Å². The molecule has 0 unspecified atom stereocenters. The van der Waals surface area contributed by atoms with Gasteiger partial charge in [-0.2, -0.15) is 4.98 Å². The van der Waals surface area contributed by atoms with Gasteiger partial charge in [0.2, 0.25) is 5.89 Å². The fourth-order valence-electron chi connectivity index (χ4n) is 2.42. The lowest BCUT2D eigenvalue weighted by molar-refractivity contribution is 0.374. The summed E-state index contributed by atoms with van der Waals surface area (Å²) in [4.78, 5) is 8.39. The molecule has 0 fully saturated rings. The Morgan fingerprint density at radius 1 is 1.29 bits per heavy atom. The van der Waals surface area contributed by atoms with Gasteiger partial charge in [-0.25, -0.2) is 0 Å². The van der Waals surface area contributed by atoms with Gasteiger partial charge in [-0.3, -0.25) is 4.99 Å². The van der Waals surface area contributed by atoms with E-state index in [2.05, 4.69) is 31.8 Å². The summed E-state index contributed by atoms with van der Waals surface area (Å²) in [6.45, 7) is 3.47. The van der Waals surface area contributed by atoms with E-state index < -0.39 is 0 Å². The maximum atomic E-state index is 5.07. The van der Waals surface area contributed by atoms with Gasteiger partial charge in [-0.1, -0.05) is 16.8 Å². The molecular weight excluding hydrogens is 266 g/mol. The van der Waals surface area contributed by atoms with E-state index in [1.165, 1.54) is 25.7 Å². The van der Waals surface area contributed by atoms with Crippen molar-refractivity contribution in [3.63, 3.8) is 0 Å². The summed E-state index contributed by atoms with van der Waals surface area (Å²) in [6, 6.07) is 0. The van der Waals surface area contributed by atoms with Crippen molar-refractivity contribution in [2.75, 3.05) is 20.1 Å². The number of hydrogen-bond acceptors (Lipinski definition) is 4. The minimum absolute atomic E-state index is 0.655. The molecule has 21 heavy (non-hydrogen) atoms. The second kappa shape index (κ2) is 8.44. The Morgan fingerprint density at radius 3 is 2.71 bits per heavy atom. The third-order valence-electron chi connectivity index (χ3n) is 3.55. The summed E-state index contributed by atoms with van der Waals surface area (Å²) in [5.74, 6) is 2.15. The quantitative estimate of drug-likeness (QED) is 0.476. The summed E-state index contributed by atoms with van der Waals surface area (Å²) < 4.78 is 5.07. The minimum Gasteiger partial charge on any atom is -0.356 e. The summed E-state index contributed by atoms with van der Waals surface area (Å²) >= 11 is 0. The Bertz CT molecular complexity index is 492. The van der Waals surface area contributed by atoms with Crippen LogP contribution in [0.2, 0.25) is 0 Å². The number of aromatic nitrogens is 2. The first kappa shape index (κ1) is 15.5. The molecule has 6 heteroatoms. The van der Waals surface area contributed by atoms with Crippen LogP contribution in [0.5, 0.6) is 0 Å². The van der Waals surface area contributed by atoms with Crippen LogP contribution in [0, 0.1) is 6.92 Å². The fraction of sp³-hybridized carbons (Fsp3) is 0.667. The fourth-order valence-corrected chi connectivity index (χ4v) is 2.42. The largest absolute Gasteiger partial charge is 0.356 e. The molecule has 0 bridgehead atoms. The molecule has 2 rings (SSSR count). The maximum Gasteiger partial charge on any atom is 0.228 e. The van der Waals surface area contributed by atoms with Gasteiger partial charge in [0.1, 0.15) is 0 Å². The monoisotopic (exact) mass is 291 g/mol. The van der Waals surface area contributed by atoms with Gasteiger partial charge in [-0.05, 0) is 39.0 Å². The standard InChI is InChI=1S/C15H25N5O/c1-12-19-14(21-20-12)9-11-18-15(16-2)17-10-8-13-6-4-3-5-7-13/h6H,3-5,7-11H2,1-2H3,(H2,16,17,18). The molecule has 0 radical (unpaired) electrons. The molecule has 1 aromatic heterocycles. The van der Waals surface area contributed by atoms with Crippen molar-refractivity contribution >= 4 is 5.96 Å². The predicted molar refractivity (Wildman–Crippen MR) is 83.3 cm³/mol. The van der Waals surface area contributed by atoms with Gasteiger partial charge in [0.15, 0.2) is 11.8 Å². The Labute approximate surface area is 126 Å². The predicted octanol–water partition coefficient (Wildman–Crippen LogP) is 1.98. The van der Waals surface area contributed by atoms with E-state index in [0.717, 1.165) is 25.5 Å². The van der Waals surface area contributed by atoms with Gasteiger partial charge < -0.3 is 15.2 Å². The molecule has 0 atom stereocenters. The lowest BCUT2D eigenvalue weighted by atomic mass is 9.97. The summed E-state index contributed by atoms with van der Waals surface area (Å²) in [5.41, 5.74) is 1.57. The van der Waals surface area contributed by atoms with Crippen LogP contribution < -0.4 is 10.6 Å². The van der Waals surface area contributed by atoms with Crippen LogP contribution in [-0.2, 0) is 6.42 Å². The van der Waals surface area contributed by atoms with E-state index in [1.807, 2.05) is 6.92 Å². The highest BCUT2D eigenvalue weighted by atomic mass is 16.5. The zero-order chi connectivity index (χ0) is 14.9. The molecule has 0 spiro atoms. The van der Waals surface area contributed by atoms with Crippen molar-refractivity contribution in [2.24, 2.45) is 4.99 Å². The average Bonchev–Trinajstić information content (AvgIpc) is 2.92. The van der Waals surface area contributed by atoms with Crippen LogP contribution in [0.4, 0.5) is 0 Å². The first-order chi connectivity index (χ1) is 10.3. The Balaban J connectivity index is 1.62. The van der Waals surface area contributed by atoms with Gasteiger partial charge in [0.05, 0.1) is 0 Å². The smallest absolute Gasteiger partial charge is 0.228 e. The van der Waals surface area contributed by atoms with Crippen molar-refractivity contribution in [2.45, 2.75) is 45.4 Å². The molecule has 1 aromatic rings. The normalized spacial score (nSPS) is 15.7. The number of hydrogen-bond donors (Lipinski definition) is 2. The highest BCUT2D eigenvalue weighted by Gasteiger charge is 2.05. The minimum atomic E-state index is 0.655. The molecular formula is C15H25N5O. The lowest BCUT2D eigenvalue weighted by Crippen LogP contribution is -2.38. The first-order valence-electron chi connectivity index (χ1n) is 7.69. The third kappa shape index (κ3) is 5.57. The number of guanidine groups is 1. The zero-order valence-electron chi connectivity index (χ0n) is 13.0. The third-order valence-corrected chi connectivity index (χ3v) is 3.55. The van der Waals surface area contributed by atoms with E-state index in [0.29, 0.717) is 18.1 Å². The van der Waals surface area contributed by atoms with E-state index in [-0.39, 0.29) is 0 Å². The van der Waals surface area contributed by atoms with E-state index in [1.54, 1.807) is 12.6 Å². The van der Waals surface area contributed by atoms with Crippen LogP contribution >= 0.6 is 0 Å². The molecule has 0 saturated heterocycles. The van der Waals surface area contributed by atoms with Crippen molar-refractivity contribution in [3.05, 3.63) is 23.4 Å². The SMILES string of the molecule is CN=C(NCCC1=CCCCC1)NCCc1nc(C)no1. The van der Waals surface area contributed by atoms with Crippen LogP contribution in [0.25, 0.3) is 0 Å². The van der Waals surface area contributed by atoms with Gasteiger partial charge in [-0.15, -0.1) is 0 Å². The molecule has 0 amide bonds. The number of allylic oxidation sites excluding steroid dienone is 1. The molecule has 1 aliphatic rings. The molecule has 0 aliphatic heterocycles. The summed E-state index contributed by atoms with van der Waals surface area (Å²) in [6.07, 6.45) is 9.36.